The molecular formula is C12H21NO2. The zero-order chi connectivity index (χ0) is 10.9. The minimum absolute atomic E-state index is 0.284. The summed E-state index contributed by atoms with van der Waals surface area (Å²) in [6, 6.07) is 4.22. The van der Waals surface area contributed by atoms with Gasteiger partial charge < -0.3 is 14.5 Å². The normalized spacial score (nSPS) is 12.9. The fourth-order valence-corrected chi connectivity index (χ4v) is 1.50. The van der Waals surface area contributed by atoms with Crippen molar-refractivity contribution in [3.63, 3.8) is 0 Å². The van der Waals surface area contributed by atoms with Crippen molar-refractivity contribution in [1.29, 1.82) is 0 Å². The molecule has 15 heavy (non-hydrogen) atoms. The third-order valence-electron chi connectivity index (χ3n) is 2.28. The van der Waals surface area contributed by atoms with Crippen molar-refractivity contribution in [2.24, 2.45) is 0 Å². The maximum Gasteiger partial charge on any atom is 0.120 e. The SMILES string of the molecule is CCCNC(CCOCC)c1ccco1. The lowest BCUT2D eigenvalue weighted by Gasteiger charge is -2.15. The zero-order valence-electron chi connectivity index (χ0n) is 9.66. The van der Waals surface area contributed by atoms with Crippen LogP contribution in [0.15, 0.2) is 22.8 Å². The molecule has 3 nitrogen and oxygen atoms in total. The van der Waals surface area contributed by atoms with Gasteiger partial charge in [0.2, 0.25) is 0 Å². The van der Waals surface area contributed by atoms with E-state index in [9.17, 15) is 0 Å². The largest absolute Gasteiger partial charge is 0.468 e. The fourth-order valence-electron chi connectivity index (χ4n) is 1.50. The Balaban J connectivity index is 2.39. The molecule has 0 aliphatic heterocycles. The number of hydrogen-bond acceptors (Lipinski definition) is 3. The Morgan fingerprint density at radius 3 is 2.93 bits per heavy atom. The van der Waals surface area contributed by atoms with E-state index in [2.05, 4.69) is 12.2 Å². The molecule has 0 bridgehead atoms. The Bertz CT molecular complexity index is 234. The van der Waals surface area contributed by atoms with Crippen LogP contribution >= 0.6 is 0 Å². The van der Waals surface area contributed by atoms with Crippen molar-refractivity contribution >= 4 is 0 Å². The summed E-state index contributed by atoms with van der Waals surface area (Å²) in [7, 11) is 0. The van der Waals surface area contributed by atoms with Gasteiger partial charge in [0.1, 0.15) is 5.76 Å². The highest BCUT2D eigenvalue weighted by Gasteiger charge is 2.12. The molecule has 1 aromatic heterocycles. The van der Waals surface area contributed by atoms with Gasteiger partial charge in [-0.3, -0.25) is 0 Å². The number of furan rings is 1. The molecule has 0 spiro atoms. The van der Waals surface area contributed by atoms with Crippen molar-refractivity contribution < 1.29 is 9.15 Å². The average Bonchev–Trinajstić information content (AvgIpc) is 2.76. The van der Waals surface area contributed by atoms with Gasteiger partial charge in [-0.25, -0.2) is 0 Å². The summed E-state index contributed by atoms with van der Waals surface area (Å²) in [5.41, 5.74) is 0. The van der Waals surface area contributed by atoms with E-state index < -0.39 is 0 Å². The van der Waals surface area contributed by atoms with E-state index in [0.717, 1.165) is 38.4 Å². The third kappa shape index (κ3) is 4.49. The van der Waals surface area contributed by atoms with Crippen LogP contribution < -0.4 is 5.32 Å². The molecule has 0 amide bonds. The summed E-state index contributed by atoms with van der Waals surface area (Å²) in [6.07, 6.45) is 3.81. The lowest BCUT2D eigenvalue weighted by molar-refractivity contribution is 0.133. The van der Waals surface area contributed by atoms with E-state index >= 15 is 0 Å². The predicted octanol–water partition coefficient (Wildman–Crippen LogP) is 2.75. The van der Waals surface area contributed by atoms with Crippen molar-refractivity contribution in [2.45, 2.75) is 32.7 Å². The van der Waals surface area contributed by atoms with Crippen LogP contribution in [0.1, 0.15) is 38.5 Å². The molecule has 86 valence electrons. The van der Waals surface area contributed by atoms with Crippen LogP contribution in [0, 0.1) is 0 Å². The first-order chi connectivity index (χ1) is 7.38. The molecule has 1 N–H and O–H groups in total. The molecule has 0 aliphatic rings. The second-order valence-corrected chi connectivity index (χ2v) is 3.51. The summed E-state index contributed by atoms with van der Waals surface area (Å²) in [5, 5.41) is 3.46. The molecule has 1 atom stereocenters. The summed E-state index contributed by atoms with van der Waals surface area (Å²) >= 11 is 0. The van der Waals surface area contributed by atoms with Gasteiger partial charge in [-0.2, -0.15) is 0 Å². The van der Waals surface area contributed by atoms with Gasteiger partial charge in [0.15, 0.2) is 0 Å². The monoisotopic (exact) mass is 211 g/mol. The lowest BCUT2D eigenvalue weighted by Crippen LogP contribution is -2.23. The van der Waals surface area contributed by atoms with E-state index in [0.29, 0.717) is 0 Å². The van der Waals surface area contributed by atoms with Gasteiger partial charge in [0.05, 0.1) is 12.3 Å². The second kappa shape index (κ2) is 7.49. The third-order valence-corrected chi connectivity index (χ3v) is 2.28. The Morgan fingerprint density at radius 1 is 1.47 bits per heavy atom. The standard InChI is InChI=1S/C12H21NO2/c1-3-8-13-11(7-10-14-4-2)12-6-5-9-15-12/h5-6,9,11,13H,3-4,7-8,10H2,1-2H3. The van der Waals surface area contributed by atoms with E-state index in [1.807, 2.05) is 19.1 Å². The first-order valence-corrected chi connectivity index (χ1v) is 5.73. The first kappa shape index (κ1) is 12.3. The van der Waals surface area contributed by atoms with E-state index in [4.69, 9.17) is 9.15 Å². The number of hydrogen-bond donors (Lipinski definition) is 1. The molecule has 3 heteroatoms. The summed E-state index contributed by atoms with van der Waals surface area (Å²) in [4.78, 5) is 0. The molecule has 0 fully saturated rings. The molecule has 0 radical (unpaired) electrons. The summed E-state index contributed by atoms with van der Waals surface area (Å²) < 4.78 is 10.8. The lowest BCUT2D eigenvalue weighted by atomic mass is 10.1. The number of rotatable bonds is 8. The highest BCUT2D eigenvalue weighted by atomic mass is 16.5. The van der Waals surface area contributed by atoms with Crippen LogP contribution in [0.2, 0.25) is 0 Å². The molecule has 1 rings (SSSR count). The van der Waals surface area contributed by atoms with Crippen molar-refractivity contribution in [2.75, 3.05) is 19.8 Å². The maximum atomic E-state index is 5.41. The van der Waals surface area contributed by atoms with Gasteiger partial charge in [-0.05, 0) is 38.4 Å². The van der Waals surface area contributed by atoms with Crippen LogP contribution in [-0.2, 0) is 4.74 Å². The quantitative estimate of drug-likeness (QED) is 0.671. The second-order valence-electron chi connectivity index (χ2n) is 3.51. The fraction of sp³-hybridized carbons (Fsp3) is 0.667. The first-order valence-electron chi connectivity index (χ1n) is 5.73. The maximum absolute atomic E-state index is 5.41. The van der Waals surface area contributed by atoms with Gasteiger partial charge in [0.25, 0.3) is 0 Å². The minimum Gasteiger partial charge on any atom is -0.468 e. The van der Waals surface area contributed by atoms with E-state index in [-0.39, 0.29) is 6.04 Å². The molecule has 0 aliphatic carbocycles. The van der Waals surface area contributed by atoms with Crippen molar-refractivity contribution in [1.82, 2.24) is 5.32 Å². The highest BCUT2D eigenvalue weighted by Crippen LogP contribution is 2.17. The van der Waals surface area contributed by atoms with Crippen LogP contribution in [0.25, 0.3) is 0 Å². The molecule has 1 unspecified atom stereocenters. The molecule has 0 saturated heterocycles. The Hall–Kier alpha value is -0.800. The van der Waals surface area contributed by atoms with Crippen LogP contribution in [0.5, 0.6) is 0 Å². The smallest absolute Gasteiger partial charge is 0.120 e. The van der Waals surface area contributed by atoms with Crippen molar-refractivity contribution in [3.8, 4) is 0 Å². The minimum atomic E-state index is 0.284. The van der Waals surface area contributed by atoms with Crippen LogP contribution in [0.4, 0.5) is 0 Å². The van der Waals surface area contributed by atoms with Gasteiger partial charge in [-0.15, -0.1) is 0 Å². The predicted molar refractivity (Wildman–Crippen MR) is 60.9 cm³/mol. The Morgan fingerprint density at radius 2 is 2.33 bits per heavy atom. The number of nitrogens with one attached hydrogen (secondary N) is 1. The molecule has 0 aromatic carbocycles. The molecule has 1 aromatic rings. The van der Waals surface area contributed by atoms with Gasteiger partial charge in [-0.1, -0.05) is 6.92 Å². The van der Waals surface area contributed by atoms with E-state index in [1.54, 1.807) is 6.26 Å². The molecule has 1 heterocycles. The van der Waals surface area contributed by atoms with Crippen LogP contribution in [-0.4, -0.2) is 19.8 Å². The van der Waals surface area contributed by atoms with Gasteiger partial charge >= 0.3 is 0 Å². The average molecular weight is 211 g/mol. The Kier molecular flexibility index (Phi) is 6.12. The Labute approximate surface area is 91.8 Å². The zero-order valence-corrected chi connectivity index (χ0v) is 9.66. The summed E-state index contributed by atoms with van der Waals surface area (Å²) in [5.74, 6) is 1.00. The summed E-state index contributed by atoms with van der Waals surface area (Å²) in [6.45, 7) is 6.74. The molecular weight excluding hydrogens is 190 g/mol. The topological polar surface area (TPSA) is 34.4 Å². The highest BCUT2D eigenvalue weighted by molar-refractivity contribution is 5.04. The van der Waals surface area contributed by atoms with E-state index in [1.165, 1.54) is 0 Å². The van der Waals surface area contributed by atoms with Gasteiger partial charge in [0, 0.05) is 13.2 Å². The van der Waals surface area contributed by atoms with Crippen LogP contribution in [0.3, 0.4) is 0 Å². The molecule has 0 saturated carbocycles. The number of ether oxygens (including phenoxy) is 1. The van der Waals surface area contributed by atoms with Crippen molar-refractivity contribution in [3.05, 3.63) is 24.2 Å².